The smallest absolute Gasteiger partial charge is 0.113 e. The zero-order valence-electron chi connectivity index (χ0n) is 3.15. The van der Waals surface area contributed by atoms with Crippen LogP contribution in [0.5, 0.6) is 0 Å². The second-order valence-electron chi connectivity index (χ2n) is 1.24. The van der Waals surface area contributed by atoms with Crippen molar-refractivity contribution in [2.45, 2.75) is 12.8 Å². The molecular formula is C5H7-. The van der Waals surface area contributed by atoms with Crippen molar-refractivity contribution in [1.82, 2.24) is 0 Å². The molecule has 0 spiro atoms. The van der Waals surface area contributed by atoms with E-state index < -0.39 is 0 Å². The molecule has 0 aromatic heterocycles. The highest BCUT2D eigenvalue weighted by Gasteiger charge is 1.72. The van der Waals surface area contributed by atoms with Gasteiger partial charge in [0.15, 0.2) is 0 Å². The summed E-state index contributed by atoms with van der Waals surface area (Å²) in [4.78, 5) is 0. The summed E-state index contributed by atoms with van der Waals surface area (Å²) < 4.78 is 0. The summed E-state index contributed by atoms with van der Waals surface area (Å²) in [5, 5.41) is 0. The standard InChI is InChI=1S/C5H7/c1-2-4-5-3-1/h1-3H,4-5H2/q-1. The fourth-order valence-corrected chi connectivity index (χ4v) is 0.481. The van der Waals surface area contributed by atoms with Gasteiger partial charge in [0.1, 0.15) is 0 Å². The van der Waals surface area contributed by atoms with E-state index in [9.17, 15) is 0 Å². The minimum absolute atomic E-state index is 1.26. The van der Waals surface area contributed by atoms with Gasteiger partial charge in [-0.15, -0.1) is 12.8 Å². The lowest BCUT2D eigenvalue weighted by Crippen LogP contribution is -1.51. The number of allylic oxidation sites excluding steroid dienone is 2. The van der Waals surface area contributed by atoms with Crippen molar-refractivity contribution in [1.29, 1.82) is 0 Å². The summed E-state index contributed by atoms with van der Waals surface area (Å²) in [6, 6.07) is 0. The molecule has 0 nitrogen and oxygen atoms in total. The third-order valence-corrected chi connectivity index (χ3v) is 0.772. The van der Waals surface area contributed by atoms with Crippen LogP contribution < -0.4 is 0 Å². The molecule has 0 N–H and O–H groups in total. The van der Waals surface area contributed by atoms with Gasteiger partial charge in [-0.1, -0.05) is 0 Å². The molecule has 0 fully saturated rings. The van der Waals surface area contributed by atoms with Crippen molar-refractivity contribution < 1.29 is 0 Å². The molecule has 0 atom stereocenters. The Morgan fingerprint density at radius 2 is 2.60 bits per heavy atom. The highest BCUT2D eigenvalue weighted by atomic mass is 13.9. The largest absolute Gasteiger partial charge is 0.232 e. The molecule has 28 valence electrons. The van der Waals surface area contributed by atoms with E-state index in [0.717, 1.165) is 0 Å². The molecule has 0 saturated carbocycles. The van der Waals surface area contributed by atoms with Gasteiger partial charge in [-0.05, 0) is 0 Å². The summed E-state index contributed by atoms with van der Waals surface area (Å²) in [5.74, 6) is 0. The van der Waals surface area contributed by atoms with Crippen molar-refractivity contribution in [2.24, 2.45) is 0 Å². The first-order chi connectivity index (χ1) is 2.50. The Labute approximate surface area is 32.5 Å². The van der Waals surface area contributed by atoms with Gasteiger partial charge in [-0.2, -0.15) is 0 Å². The molecule has 0 aromatic carbocycles. The molecule has 0 heteroatoms. The Kier molecular flexibility index (Phi) is 0.654. The lowest BCUT2D eigenvalue weighted by atomic mass is 10.4. The second kappa shape index (κ2) is 1.16. The summed E-state index contributed by atoms with van der Waals surface area (Å²) >= 11 is 0. The van der Waals surface area contributed by atoms with Crippen LogP contribution in [0.3, 0.4) is 0 Å². The molecule has 0 aromatic rings. The summed E-state index contributed by atoms with van der Waals surface area (Å²) in [5.41, 5.74) is 0. The third-order valence-electron chi connectivity index (χ3n) is 0.772. The maximum atomic E-state index is 2.18. The quantitative estimate of drug-likeness (QED) is 0.377. The molecule has 0 radical (unpaired) electrons. The number of hydrogen-bond acceptors (Lipinski definition) is 0. The first-order valence-electron chi connectivity index (χ1n) is 1.98. The maximum Gasteiger partial charge on any atom is -0.113 e. The van der Waals surface area contributed by atoms with Gasteiger partial charge in [0, 0.05) is 0 Å². The Balaban J connectivity index is 2.32. The summed E-state index contributed by atoms with van der Waals surface area (Å²) in [6.45, 7) is 0. The Bertz CT molecular complexity index is 38.0. The molecule has 1 aliphatic rings. The van der Waals surface area contributed by atoms with E-state index in [4.69, 9.17) is 0 Å². The predicted molar refractivity (Wildman–Crippen MR) is 22.7 cm³/mol. The highest BCUT2D eigenvalue weighted by Crippen LogP contribution is 2.03. The van der Waals surface area contributed by atoms with E-state index in [1.54, 1.807) is 0 Å². The average Bonchev–Trinajstić information content (AvgIpc) is 1.76. The average molecular weight is 67.1 g/mol. The van der Waals surface area contributed by atoms with Crippen LogP contribution in [0, 0.1) is 6.42 Å². The van der Waals surface area contributed by atoms with Crippen LogP contribution >= 0.6 is 0 Å². The molecule has 0 heterocycles. The van der Waals surface area contributed by atoms with E-state index >= 15 is 0 Å². The molecule has 0 amide bonds. The third kappa shape index (κ3) is 0.440. The SMILES string of the molecule is C1=CCC[CH-]1. The molecular weight excluding hydrogens is 60.1 g/mol. The zero-order valence-corrected chi connectivity index (χ0v) is 3.15. The number of rotatable bonds is 0. The van der Waals surface area contributed by atoms with Crippen LogP contribution in [0.1, 0.15) is 12.8 Å². The maximum absolute atomic E-state index is 2.18. The first kappa shape index (κ1) is 2.83. The van der Waals surface area contributed by atoms with E-state index in [0.29, 0.717) is 0 Å². The minimum atomic E-state index is 1.26. The Morgan fingerprint density at radius 1 is 1.60 bits per heavy atom. The Hall–Kier alpha value is -0.390. The molecule has 0 bridgehead atoms. The van der Waals surface area contributed by atoms with Crippen LogP contribution in [-0.4, -0.2) is 0 Å². The topological polar surface area (TPSA) is 0 Å². The summed E-state index contributed by atoms with van der Waals surface area (Å²) in [6.07, 6.45) is 9.00. The van der Waals surface area contributed by atoms with Crippen molar-refractivity contribution >= 4 is 0 Å². The molecule has 1 rings (SSSR count). The van der Waals surface area contributed by atoms with Crippen LogP contribution in [0.4, 0.5) is 0 Å². The number of hydrogen-bond donors (Lipinski definition) is 0. The molecule has 0 unspecified atom stereocenters. The zero-order chi connectivity index (χ0) is 3.54. The normalized spacial score (nSPS) is 19.2. The van der Waals surface area contributed by atoms with Gasteiger partial charge >= 0.3 is 0 Å². The van der Waals surface area contributed by atoms with E-state index in [2.05, 4.69) is 18.6 Å². The van der Waals surface area contributed by atoms with Crippen molar-refractivity contribution in [3.63, 3.8) is 0 Å². The van der Waals surface area contributed by atoms with Crippen LogP contribution in [0.2, 0.25) is 0 Å². The first-order valence-corrected chi connectivity index (χ1v) is 1.98. The molecule has 0 saturated heterocycles. The minimum Gasteiger partial charge on any atom is -0.232 e. The van der Waals surface area contributed by atoms with Crippen LogP contribution in [0.15, 0.2) is 12.2 Å². The van der Waals surface area contributed by atoms with Gasteiger partial charge in [-0.25, -0.2) is 18.6 Å². The second-order valence-corrected chi connectivity index (χ2v) is 1.24. The molecule has 1 aliphatic carbocycles. The lowest BCUT2D eigenvalue weighted by molar-refractivity contribution is 1.06. The van der Waals surface area contributed by atoms with E-state index in [-0.39, 0.29) is 0 Å². The van der Waals surface area contributed by atoms with Gasteiger partial charge in [0.25, 0.3) is 0 Å². The molecule has 5 heavy (non-hydrogen) atoms. The highest BCUT2D eigenvalue weighted by molar-refractivity contribution is 5.01. The van der Waals surface area contributed by atoms with Crippen molar-refractivity contribution in [3.8, 4) is 0 Å². The lowest BCUT2D eigenvalue weighted by Gasteiger charge is -1.80. The van der Waals surface area contributed by atoms with Crippen LogP contribution in [0.25, 0.3) is 0 Å². The van der Waals surface area contributed by atoms with E-state index in [1.165, 1.54) is 12.8 Å². The van der Waals surface area contributed by atoms with Crippen molar-refractivity contribution in [3.05, 3.63) is 18.6 Å². The van der Waals surface area contributed by atoms with Crippen molar-refractivity contribution in [2.75, 3.05) is 0 Å². The van der Waals surface area contributed by atoms with Gasteiger partial charge < -0.3 is 0 Å². The van der Waals surface area contributed by atoms with Gasteiger partial charge in [0.05, 0.1) is 0 Å². The summed E-state index contributed by atoms with van der Waals surface area (Å²) in [7, 11) is 0. The molecule has 0 aliphatic heterocycles. The fourth-order valence-electron chi connectivity index (χ4n) is 0.481. The predicted octanol–water partition coefficient (Wildman–Crippen LogP) is 1.54. The fraction of sp³-hybridized carbons (Fsp3) is 0.400. The Morgan fingerprint density at radius 3 is 2.80 bits per heavy atom. The van der Waals surface area contributed by atoms with E-state index in [1.807, 2.05) is 0 Å². The van der Waals surface area contributed by atoms with Crippen LogP contribution in [-0.2, 0) is 0 Å². The van der Waals surface area contributed by atoms with Gasteiger partial charge in [0.2, 0.25) is 0 Å². The monoisotopic (exact) mass is 67.1 g/mol. The van der Waals surface area contributed by atoms with Gasteiger partial charge in [-0.3, -0.25) is 0 Å².